The Morgan fingerprint density at radius 1 is 1.00 bits per heavy atom. The lowest BCUT2D eigenvalue weighted by Gasteiger charge is -2.11. The summed E-state index contributed by atoms with van der Waals surface area (Å²) in [4.78, 5) is 11.8. The first kappa shape index (κ1) is 19.2. The molecule has 0 saturated carbocycles. The highest BCUT2D eigenvalue weighted by Gasteiger charge is 2.15. The first-order valence-electron chi connectivity index (χ1n) is 8.32. The number of anilines is 1. The van der Waals surface area contributed by atoms with Crippen molar-refractivity contribution in [2.75, 3.05) is 11.0 Å². The molecule has 3 aromatic rings. The fourth-order valence-corrected chi connectivity index (χ4v) is 3.23. The third-order valence-electron chi connectivity index (χ3n) is 3.90. The fraction of sp³-hybridized carbons (Fsp3) is 0.0455. The van der Waals surface area contributed by atoms with Gasteiger partial charge < -0.3 is 14.9 Å². The van der Waals surface area contributed by atoms with Crippen molar-refractivity contribution in [1.82, 2.24) is 0 Å². The molecule has 0 radical (unpaired) electrons. The molecule has 5 nitrogen and oxygen atoms in total. The van der Waals surface area contributed by atoms with E-state index >= 15 is 0 Å². The molecule has 0 aliphatic rings. The highest BCUT2D eigenvalue weighted by atomic mass is 32.2. The van der Waals surface area contributed by atoms with Crippen LogP contribution in [0, 0.1) is 11.8 Å². The summed E-state index contributed by atoms with van der Waals surface area (Å²) in [5.74, 6) is 5.01. The summed E-state index contributed by atoms with van der Waals surface area (Å²) < 4.78 is 14.3. The zero-order valence-corrected chi connectivity index (χ0v) is 15.8. The molecule has 6 heteroatoms. The van der Waals surface area contributed by atoms with Crippen LogP contribution in [0.25, 0.3) is 11.1 Å². The van der Waals surface area contributed by atoms with Gasteiger partial charge in [0.15, 0.2) is 0 Å². The van der Waals surface area contributed by atoms with Crippen molar-refractivity contribution in [3.8, 4) is 28.7 Å². The van der Waals surface area contributed by atoms with Crippen molar-refractivity contribution in [2.24, 2.45) is 0 Å². The summed E-state index contributed by atoms with van der Waals surface area (Å²) in [7, 11) is -1.25. The lowest BCUT2D eigenvalue weighted by molar-refractivity contribution is 0.0697. The lowest BCUT2D eigenvalue weighted by Crippen LogP contribution is -2.03. The van der Waals surface area contributed by atoms with Gasteiger partial charge in [-0.1, -0.05) is 36.1 Å². The van der Waals surface area contributed by atoms with E-state index < -0.39 is 17.0 Å². The van der Waals surface area contributed by atoms with Gasteiger partial charge in [-0.05, 0) is 48.0 Å². The van der Waals surface area contributed by atoms with Crippen LogP contribution in [0.2, 0.25) is 0 Å². The second kappa shape index (κ2) is 8.42. The molecule has 140 valence electrons. The number of aromatic carboxylic acids is 1. The van der Waals surface area contributed by atoms with Crippen LogP contribution in [0.4, 0.5) is 5.69 Å². The van der Waals surface area contributed by atoms with E-state index in [4.69, 9.17) is 0 Å². The SMILES string of the molecule is CS(=O)Nc1cccc(-c2c(C#Cc3cccc(O)c3)cccc2C(=O)O)c1. The molecule has 0 heterocycles. The molecule has 28 heavy (non-hydrogen) atoms. The quantitative estimate of drug-likeness (QED) is 0.590. The molecule has 3 N–H and O–H groups in total. The molecule has 0 aromatic heterocycles. The first-order valence-corrected chi connectivity index (χ1v) is 9.88. The topological polar surface area (TPSA) is 86.6 Å². The molecule has 0 amide bonds. The van der Waals surface area contributed by atoms with E-state index in [1.54, 1.807) is 54.6 Å². The minimum absolute atomic E-state index is 0.109. The Labute approximate surface area is 165 Å². The fourth-order valence-electron chi connectivity index (χ4n) is 2.77. The van der Waals surface area contributed by atoms with E-state index in [9.17, 15) is 19.2 Å². The molecular weight excluding hydrogens is 374 g/mol. The number of carboxylic acids is 1. The number of carboxylic acid groups (broad SMARTS) is 1. The number of benzene rings is 3. The van der Waals surface area contributed by atoms with Gasteiger partial charge in [0.05, 0.1) is 5.56 Å². The van der Waals surface area contributed by atoms with Crippen LogP contribution in [-0.2, 0) is 11.0 Å². The maximum absolute atomic E-state index is 11.8. The molecule has 1 atom stereocenters. The van der Waals surface area contributed by atoms with Gasteiger partial charge in [0.1, 0.15) is 16.7 Å². The minimum atomic E-state index is -1.25. The first-order chi connectivity index (χ1) is 13.4. The van der Waals surface area contributed by atoms with Gasteiger partial charge in [-0.15, -0.1) is 0 Å². The highest BCUT2D eigenvalue weighted by molar-refractivity contribution is 7.85. The largest absolute Gasteiger partial charge is 0.508 e. The van der Waals surface area contributed by atoms with E-state index in [-0.39, 0.29) is 11.3 Å². The summed E-state index contributed by atoms with van der Waals surface area (Å²) in [5, 5.41) is 19.2. The third-order valence-corrected chi connectivity index (χ3v) is 4.42. The summed E-state index contributed by atoms with van der Waals surface area (Å²) in [5.41, 5.74) is 3.02. The lowest BCUT2D eigenvalue weighted by atomic mass is 9.94. The smallest absolute Gasteiger partial charge is 0.336 e. The number of nitrogens with one attached hydrogen (secondary N) is 1. The summed E-state index contributed by atoms with van der Waals surface area (Å²) in [6.07, 6.45) is 1.52. The Hall–Kier alpha value is -3.56. The number of hydrogen-bond acceptors (Lipinski definition) is 3. The van der Waals surface area contributed by atoms with Gasteiger partial charge in [0.2, 0.25) is 0 Å². The second-order valence-electron chi connectivity index (χ2n) is 5.97. The molecule has 3 rings (SSSR count). The van der Waals surface area contributed by atoms with Gasteiger partial charge in [0.25, 0.3) is 0 Å². The average Bonchev–Trinajstić information content (AvgIpc) is 2.65. The van der Waals surface area contributed by atoms with Crippen molar-refractivity contribution in [1.29, 1.82) is 0 Å². The Morgan fingerprint density at radius 2 is 1.75 bits per heavy atom. The van der Waals surface area contributed by atoms with Gasteiger partial charge >= 0.3 is 5.97 Å². The average molecular weight is 391 g/mol. The van der Waals surface area contributed by atoms with Crippen LogP contribution in [0.1, 0.15) is 21.5 Å². The molecule has 0 saturated heterocycles. The Balaban J connectivity index is 2.15. The number of phenolic OH excluding ortho intramolecular Hbond substituents is 1. The maximum atomic E-state index is 11.8. The van der Waals surface area contributed by atoms with Gasteiger partial charge in [-0.3, -0.25) is 0 Å². The predicted octanol–water partition coefficient (Wildman–Crippen LogP) is 3.86. The van der Waals surface area contributed by atoms with Crippen molar-refractivity contribution in [3.05, 3.63) is 83.4 Å². The van der Waals surface area contributed by atoms with E-state index in [0.717, 1.165) is 0 Å². The Morgan fingerprint density at radius 3 is 2.46 bits per heavy atom. The summed E-state index contributed by atoms with van der Waals surface area (Å²) in [6.45, 7) is 0. The van der Waals surface area contributed by atoms with Gasteiger partial charge in [-0.2, -0.15) is 0 Å². The zero-order chi connectivity index (χ0) is 20.1. The Bertz CT molecular complexity index is 1130. The normalized spacial score (nSPS) is 11.2. The predicted molar refractivity (Wildman–Crippen MR) is 111 cm³/mol. The highest BCUT2D eigenvalue weighted by Crippen LogP contribution is 2.30. The van der Waals surface area contributed by atoms with Crippen LogP contribution in [0.3, 0.4) is 0 Å². The molecule has 0 spiro atoms. The van der Waals surface area contributed by atoms with Crippen molar-refractivity contribution >= 4 is 22.6 Å². The second-order valence-corrected chi connectivity index (χ2v) is 7.08. The number of carbonyl (C=O) groups is 1. The van der Waals surface area contributed by atoms with Crippen molar-refractivity contribution < 1.29 is 19.2 Å². The van der Waals surface area contributed by atoms with Gasteiger partial charge in [-0.25, -0.2) is 9.00 Å². The van der Waals surface area contributed by atoms with Gasteiger partial charge in [0, 0.05) is 28.6 Å². The van der Waals surface area contributed by atoms with Crippen LogP contribution >= 0.6 is 0 Å². The van der Waals surface area contributed by atoms with E-state index in [1.165, 1.54) is 18.4 Å². The molecule has 3 aromatic carbocycles. The Kier molecular flexibility index (Phi) is 5.78. The number of phenols is 1. The third kappa shape index (κ3) is 4.58. The zero-order valence-electron chi connectivity index (χ0n) is 15.0. The summed E-state index contributed by atoms with van der Waals surface area (Å²) >= 11 is 0. The molecular formula is C22H17NO4S. The van der Waals surface area contributed by atoms with E-state index in [2.05, 4.69) is 16.6 Å². The summed E-state index contributed by atoms with van der Waals surface area (Å²) in [6, 6.07) is 18.5. The molecule has 1 unspecified atom stereocenters. The molecule has 0 fully saturated rings. The molecule has 0 aliphatic heterocycles. The molecule has 0 bridgehead atoms. The maximum Gasteiger partial charge on any atom is 0.336 e. The monoisotopic (exact) mass is 391 g/mol. The van der Waals surface area contributed by atoms with Crippen LogP contribution in [-0.4, -0.2) is 26.6 Å². The van der Waals surface area contributed by atoms with E-state index in [0.29, 0.717) is 27.9 Å². The number of hydrogen-bond donors (Lipinski definition) is 3. The standard InChI is InChI=1S/C22H17NO4S/c1-28(27)23-18-8-3-7-17(14-18)21-16(6-4-10-20(21)22(25)26)12-11-15-5-2-9-19(24)13-15/h2-10,13-14,23-24H,1H3,(H,25,26). The number of rotatable bonds is 4. The molecule has 0 aliphatic carbocycles. The van der Waals surface area contributed by atoms with Crippen molar-refractivity contribution in [2.45, 2.75) is 0 Å². The van der Waals surface area contributed by atoms with E-state index in [1.807, 2.05) is 0 Å². The van der Waals surface area contributed by atoms with Crippen molar-refractivity contribution in [3.63, 3.8) is 0 Å². The minimum Gasteiger partial charge on any atom is -0.508 e. The number of aromatic hydroxyl groups is 1. The van der Waals surface area contributed by atoms with Crippen LogP contribution in [0.5, 0.6) is 5.75 Å². The van der Waals surface area contributed by atoms with Crippen LogP contribution in [0.15, 0.2) is 66.7 Å². The van der Waals surface area contributed by atoms with Crippen LogP contribution < -0.4 is 4.72 Å².